The van der Waals surface area contributed by atoms with E-state index in [4.69, 9.17) is 9.47 Å². The van der Waals surface area contributed by atoms with Gasteiger partial charge in [0.25, 0.3) is 5.91 Å². The summed E-state index contributed by atoms with van der Waals surface area (Å²) >= 11 is 1.41. The van der Waals surface area contributed by atoms with Crippen LogP contribution in [0.1, 0.15) is 36.8 Å². The Morgan fingerprint density at radius 3 is 2.50 bits per heavy atom. The molecule has 7 nitrogen and oxygen atoms in total. The lowest BCUT2D eigenvalue weighted by Gasteiger charge is -2.13. The van der Waals surface area contributed by atoms with Crippen LogP contribution in [0.4, 0.5) is 5.69 Å². The molecule has 1 N–H and O–H groups in total. The molecule has 0 fully saturated rings. The summed E-state index contributed by atoms with van der Waals surface area (Å²) in [7, 11) is 0. The molecule has 1 aromatic heterocycles. The van der Waals surface area contributed by atoms with Gasteiger partial charge in [-0.3, -0.25) is 14.4 Å². The van der Waals surface area contributed by atoms with E-state index in [1.54, 1.807) is 29.6 Å². The Bertz CT molecular complexity index is 1110. The molecule has 1 heterocycles. The van der Waals surface area contributed by atoms with Gasteiger partial charge in [0.2, 0.25) is 0 Å². The molecule has 0 aliphatic carbocycles. The van der Waals surface area contributed by atoms with Crippen LogP contribution in [0, 0.1) is 0 Å². The second-order valence-corrected chi connectivity index (χ2v) is 7.86. The third-order valence-corrected chi connectivity index (χ3v) is 5.46. The molecule has 3 rings (SSSR count). The molecule has 2 aromatic carbocycles. The van der Waals surface area contributed by atoms with Crippen LogP contribution < -0.4 is 10.1 Å². The van der Waals surface area contributed by atoms with E-state index < -0.39 is 18.0 Å². The molecule has 0 radical (unpaired) electrons. The predicted molar refractivity (Wildman–Crippen MR) is 123 cm³/mol. The number of hydrogen-bond acceptors (Lipinski definition) is 7. The fourth-order valence-corrected chi connectivity index (χ4v) is 3.76. The Morgan fingerprint density at radius 1 is 1.09 bits per heavy atom. The van der Waals surface area contributed by atoms with Gasteiger partial charge in [-0.1, -0.05) is 12.1 Å². The van der Waals surface area contributed by atoms with Crippen molar-refractivity contribution in [2.75, 3.05) is 11.9 Å². The number of ether oxygens (including phenoxy) is 2. The molecule has 0 spiro atoms. The number of ketones is 1. The normalized spacial score (nSPS) is 11.5. The van der Waals surface area contributed by atoms with Crippen molar-refractivity contribution in [3.63, 3.8) is 0 Å². The van der Waals surface area contributed by atoms with Crippen molar-refractivity contribution >= 4 is 34.7 Å². The van der Waals surface area contributed by atoms with Gasteiger partial charge in [0.15, 0.2) is 11.9 Å². The summed E-state index contributed by atoms with van der Waals surface area (Å²) in [4.78, 5) is 40.5. The number of rotatable bonds is 9. The molecule has 0 saturated carbocycles. The molecule has 32 heavy (non-hydrogen) atoms. The number of hydrogen-bond donors (Lipinski definition) is 1. The standard InChI is InChI=1S/C24H24N2O5S/c1-4-30-21-8-6-5-7-20(21)24-26-19(14-32-24)13-22(28)31-16(3)23(29)25-18-11-9-17(10-12-18)15(2)27/h5-12,14,16H,4,13H2,1-3H3,(H,25,29). The maximum atomic E-state index is 12.3. The Hall–Kier alpha value is -3.52. The van der Waals surface area contributed by atoms with Crippen molar-refractivity contribution in [1.82, 2.24) is 4.98 Å². The summed E-state index contributed by atoms with van der Waals surface area (Å²) < 4.78 is 10.9. The first kappa shape index (κ1) is 23.1. The number of esters is 1. The molecule has 0 saturated heterocycles. The molecule has 0 aliphatic heterocycles. The van der Waals surface area contributed by atoms with Crippen molar-refractivity contribution in [1.29, 1.82) is 0 Å². The summed E-state index contributed by atoms with van der Waals surface area (Å²) in [5.74, 6) is -0.329. The summed E-state index contributed by atoms with van der Waals surface area (Å²) in [6.45, 7) is 5.43. The fourth-order valence-electron chi connectivity index (χ4n) is 2.91. The molecular weight excluding hydrogens is 428 g/mol. The lowest BCUT2D eigenvalue weighted by molar-refractivity contribution is -0.152. The fraction of sp³-hybridized carbons (Fsp3) is 0.250. The lowest BCUT2D eigenvalue weighted by Crippen LogP contribution is -2.30. The van der Waals surface area contributed by atoms with Crippen LogP contribution in [0.15, 0.2) is 53.9 Å². The maximum Gasteiger partial charge on any atom is 0.312 e. The van der Waals surface area contributed by atoms with Gasteiger partial charge in [0.05, 0.1) is 24.3 Å². The Labute approximate surface area is 190 Å². The van der Waals surface area contributed by atoms with Crippen molar-refractivity contribution in [2.24, 2.45) is 0 Å². The minimum absolute atomic E-state index is 0.0434. The van der Waals surface area contributed by atoms with E-state index in [1.807, 2.05) is 31.2 Å². The number of amides is 1. The van der Waals surface area contributed by atoms with E-state index in [2.05, 4.69) is 10.3 Å². The third kappa shape index (κ3) is 6.01. The van der Waals surface area contributed by atoms with Gasteiger partial charge in [-0.25, -0.2) is 4.98 Å². The van der Waals surface area contributed by atoms with Gasteiger partial charge in [0.1, 0.15) is 10.8 Å². The van der Waals surface area contributed by atoms with Crippen LogP contribution in [-0.4, -0.2) is 35.4 Å². The molecular formula is C24H24N2O5S. The Morgan fingerprint density at radius 2 is 1.81 bits per heavy atom. The van der Waals surface area contributed by atoms with Gasteiger partial charge in [-0.2, -0.15) is 0 Å². The summed E-state index contributed by atoms with van der Waals surface area (Å²) in [5.41, 5.74) is 2.49. The third-order valence-electron chi connectivity index (χ3n) is 4.53. The van der Waals surface area contributed by atoms with Crippen molar-refractivity contribution in [2.45, 2.75) is 33.3 Å². The average Bonchev–Trinajstić information content (AvgIpc) is 3.22. The number of nitrogens with one attached hydrogen (secondary N) is 1. The van der Waals surface area contributed by atoms with Crippen LogP contribution >= 0.6 is 11.3 Å². The average molecular weight is 453 g/mol. The number of carbonyl (C=O) groups is 3. The smallest absolute Gasteiger partial charge is 0.312 e. The van der Waals surface area contributed by atoms with E-state index >= 15 is 0 Å². The van der Waals surface area contributed by atoms with Gasteiger partial charge < -0.3 is 14.8 Å². The van der Waals surface area contributed by atoms with Crippen molar-refractivity contribution < 1.29 is 23.9 Å². The van der Waals surface area contributed by atoms with Gasteiger partial charge >= 0.3 is 5.97 Å². The number of Topliss-reactive ketones (excluding diaryl/α,β-unsaturated/α-hetero) is 1. The van der Waals surface area contributed by atoms with E-state index in [9.17, 15) is 14.4 Å². The predicted octanol–water partition coefficient (Wildman–Crippen LogP) is 4.52. The van der Waals surface area contributed by atoms with Crippen LogP contribution in [-0.2, 0) is 20.7 Å². The second kappa shape index (κ2) is 10.7. The summed E-state index contributed by atoms with van der Waals surface area (Å²) in [5, 5.41) is 5.21. The maximum absolute atomic E-state index is 12.3. The van der Waals surface area contributed by atoms with Gasteiger partial charge in [0, 0.05) is 16.6 Å². The molecule has 1 amide bonds. The quantitative estimate of drug-likeness (QED) is 0.379. The summed E-state index contributed by atoms with van der Waals surface area (Å²) in [6.07, 6.45) is -1.02. The monoisotopic (exact) mass is 452 g/mol. The SMILES string of the molecule is CCOc1ccccc1-c1nc(CC(=O)OC(C)C(=O)Nc2ccc(C(C)=O)cc2)cs1. The van der Waals surface area contributed by atoms with Crippen LogP contribution in [0.25, 0.3) is 10.6 Å². The number of nitrogens with zero attached hydrogens (tertiary/aromatic N) is 1. The van der Waals surface area contributed by atoms with Gasteiger partial charge in [-0.15, -0.1) is 11.3 Å². The number of aromatic nitrogens is 1. The first-order chi connectivity index (χ1) is 15.4. The van der Waals surface area contributed by atoms with E-state index in [0.29, 0.717) is 23.6 Å². The zero-order valence-electron chi connectivity index (χ0n) is 18.1. The first-order valence-corrected chi connectivity index (χ1v) is 11.0. The van der Waals surface area contributed by atoms with Crippen LogP contribution in [0.5, 0.6) is 5.75 Å². The molecule has 166 valence electrons. The number of carbonyl (C=O) groups excluding carboxylic acids is 3. The number of para-hydroxylation sites is 1. The zero-order valence-corrected chi connectivity index (χ0v) is 18.9. The second-order valence-electron chi connectivity index (χ2n) is 7.00. The summed E-state index contributed by atoms with van der Waals surface area (Å²) in [6, 6.07) is 14.1. The van der Waals surface area contributed by atoms with E-state index in [0.717, 1.165) is 16.3 Å². The lowest BCUT2D eigenvalue weighted by atomic mass is 10.1. The Kier molecular flexibility index (Phi) is 7.72. The highest BCUT2D eigenvalue weighted by Gasteiger charge is 2.20. The highest BCUT2D eigenvalue weighted by atomic mass is 32.1. The highest BCUT2D eigenvalue weighted by Crippen LogP contribution is 2.32. The van der Waals surface area contributed by atoms with Crippen LogP contribution in [0.2, 0.25) is 0 Å². The van der Waals surface area contributed by atoms with Crippen molar-refractivity contribution in [3.8, 4) is 16.3 Å². The van der Waals surface area contributed by atoms with Gasteiger partial charge in [-0.05, 0) is 57.2 Å². The number of thiazole rings is 1. The number of benzene rings is 2. The minimum Gasteiger partial charge on any atom is -0.493 e. The molecule has 8 heteroatoms. The molecule has 1 atom stereocenters. The molecule has 0 bridgehead atoms. The number of anilines is 1. The molecule has 1 unspecified atom stereocenters. The largest absolute Gasteiger partial charge is 0.493 e. The first-order valence-electron chi connectivity index (χ1n) is 10.1. The highest BCUT2D eigenvalue weighted by molar-refractivity contribution is 7.13. The van der Waals surface area contributed by atoms with E-state index in [-0.39, 0.29) is 12.2 Å². The molecule has 0 aliphatic rings. The topological polar surface area (TPSA) is 94.6 Å². The minimum atomic E-state index is -0.980. The zero-order chi connectivity index (χ0) is 23.1. The Balaban J connectivity index is 1.56. The molecule has 3 aromatic rings. The van der Waals surface area contributed by atoms with E-state index in [1.165, 1.54) is 25.2 Å². The van der Waals surface area contributed by atoms with Crippen LogP contribution in [0.3, 0.4) is 0 Å². The van der Waals surface area contributed by atoms with Crippen molar-refractivity contribution in [3.05, 3.63) is 65.2 Å².